The fourth-order valence-corrected chi connectivity index (χ4v) is 6.00. The molecule has 22 heavy (non-hydrogen) atoms. The molecule has 2 bridgehead atoms. The summed E-state index contributed by atoms with van der Waals surface area (Å²) in [5.41, 5.74) is 0.0398. The molecule has 0 aromatic heterocycles. The highest BCUT2D eigenvalue weighted by Crippen LogP contribution is 2.66. The van der Waals surface area contributed by atoms with Crippen LogP contribution in [0.25, 0.3) is 0 Å². The molecule has 3 aliphatic carbocycles. The standard InChI is InChI=1S/C18H23NO3/c1-19-8-7-18-11-4-5-13(20)17(18)22-16-14(21-2)6-3-10(15(16)18)9-12(11)19/h3-6,10-13,15,17,20H,7-9H2,1-2H3/t10?,11-,12+,13-,15?,17-,18-/m0/s1. The van der Waals surface area contributed by atoms with Crippen LogP contribution >= 0.6 is 0 Å². The van der Waals surface area contributed by atoms with Gasteiger partial charge >= 0.3 is 0 Å². The van der Waals surface area contributed by atoms with Gasteiger partial charge in [0.1, 0.15) is 18.0 Å². The lowest BCUT2D eigenvalue weighted by Crippen LogP contribution is -2.65. The van der Waals surface area contributed by atoms with Gasteiger partial charge in [-0.3, -0.25) is 0 Å². The van der Waals surface area contributed by atoms with Crippen molar-refractivity contribution in [2.75, 3.05) is 20.7 Å². The van der Waals surface area contributed by atoms with Gasteiger partial charge in [-0.25, -0.2) is 0 Å². The van der Waals surface area contributed by atoms with Crippen LogP contribution in [0.1, 0.15) is 12.8 Å². The average Bonchev–Trinajstić information content (AvgIpc) is 2.88. The van der Waals surface area contributed by atoms with E-state index in [0.29, 0.717) is 23.8 Å². The molecule has 3 fully saturated rings. The van der Waals surface area contributed by atoms with Crippen molar-refractivity contribution < 1.29 is 14.6 Å². The van der Waals surface area contributed by atoms with Gasteiger partial charge in [-0.2, -0.15) is 0 Å². The second-order valence-corrected chi connectivity index (χ2v) is 7.52. The number of piperidine rings is 1. The highest BCUT2D eigenvalue weighted by atomic mass is 16.5. The molecule has 2 heterocycles. The summed E-state index contributed by atoms with van der Waals surface area (Å²) in [5, 5.41) is 10.6. The molecule has 118 valence electrons. The Bertz CT molecular complexity index is 609. The fraction of sp³-hybridized carbons (Fsp3) is 0.667. The first-order valence-corrected chi connectivity index (χ1v) is 8.36. The van der Waals surface area contributed by atoms with Crippen molar-refractivity contribution in [3.05, 3.63) is 35.8 Å². The molecule has 1 spiro atoms. The second kappa shape index (κ2) is 4.18. The number of likely N-dealkylation sites (tertiary alicyclic amines) is 1. The van der Waals surface area contributed by atoms with Crippen molar-refractivity contribution in [1.82, 2.24) is 4.90 Å². The lowest BCUT2D eigenvalue weighted by atomic mass is 9.48. The molecule has 1 saturated carbocycles. The number of ether oxygens (including phenoxy) is 2. The Hall–Kier alpha value is -1.26. The molecule has 0 radical (unpaired) electrons. The van der Waals surface area contributed by atoms with Crippen molar-refractivity contribution >= 4 is 0 Å². The molecule has 7 atom stereocenters. The molecule has 5 rings (SSSR count). The van der Waals surface area contributed by atoms with Crippen LogP contribution in [0.15, 0.2) is 35.8 Å². The average molecular weight is 301 g/mol. The van der Waals surface area contributed by atoms with E-state index in [1.54, 1.807) is 7.11 Å². The SMILES string of the molecule is COC1=C2O[C@H]3[C@@H](O)C=C[C@H]4[C@H]5CC(C=C1)C2[C@]43CCN5C. The number of hydrogen-bond donors (Lipinski definition) is 1. The van der Waals surface area contributed by atoms with Crippen molar-refractivity contribution in [3.8, 4) is 0 Å². The third-order valence-electron chi connectivity index (χ3n) is 6.87. The molecule has 5 aliphatic rings. The van der Waals surface area contributed by atoms with Gasteiger partial charge in [-0.1, -0.05) is 18.2 Å². The quantitative estimate of drug-likeness (QED) is 0.748. The van der Waals surface area contributed by atoms with Crippen LogP contribution in [0.2, 0.25) is 0 Å². The van der Waals surface area contributed by atoms with Crippen molar-refractivity contribution in [1.29, 1.82) is 0 Å². The van der Waals surface area contributed by atoms with Crippen LogP contribution in [0.4, 0.5) is 0 Å². The Morgan fingerprint density at radius 3 is 3.05 bits per heavy atom. The van der Waals surface area contributed by atoms with Crippen LogP contribution in [0.3, 0.4) is 0 Å². The van der Waals surface area contributed by atoms with Gasteiger partial charge in [0.2, 0.25) is 0 Å². The molecule has 2 saturated heterocycles. The van der Waals surface area contributed by atoms with E-state index in [2.05, 4.69) is 30.2 Å². The van der Waals surface area contributed by atoms with Gasteiger partial charge in [0.25, 0.3) is 0 Å². The van der Waals surface area contributed by atoms with Gasteiger partial charge in [-0.05, 0) is 38.4 Å². The third-order valence-corrected chi connectivity index (χ3v) is 6.87. The Labute approximate surface area is 131 Å². The smallest absolute Gasteiger partial charge is 0.156 e. The molecular formula is C18H23NO3. The van der Waals surface area contributed by atoms with Gasteiger partial charge in [0.05, 0.1) is 7.11 Å². The van der Waals surface area contributed by atoms with Crippen molar-refractivity contribution in [2.24, 2.45) is 23.2 Å². The normalized spacial score (nSPS) is 51.6. The summed E-state index contributed by atoms with van der Waals surface area (Å²) in [6, 6.07) is 0.554. The second-order valence-electron chi connectivity index (χ2n) is 7.52. The zero-order valence-corrected chi connectivity index (χ0v) is 13.1. The molecule has 4 nitrogen and oxygen atoms in total. The summed E-state index contributed by atoms with van der Waals surface area (Å²) < 4.78 is 11.9. The summed E-state index contributed by atoms with van der Waals surface area (Å²) in [6.07, 6.45) is 10.2. The fourth-order valence-electron chi connectivity index (χ4n) is 6.00. The molecule has 0 aromatic carbocycles. The molecule has 2 unspecified atom stereocenters. The summed E-state index contributed by atoms with van der Waals surface area (Å²) in [7, 11) is 3.95. The minimum atomic E-state index is -0.504. The minimum Gasteiger partial charge on any atom is -0.493 e. The van der Waals surface area contributed by atoms with Crippen molar-refractivity contribution in [3.63, 3.8) is 0 Å². The Morgan fingerprint density at radius 2 is 2.23 bits per heavy atom. The molecule has 1 N–H and O–H groups in total. The van der Waals surface area contributed by atoms with Gasteiger partial charge in [0, 0.05) is 23.3 Å². The maximum absolute atomic E-state index is 10.6. The topological polar surface area (TPSA) is 41.9 Å². The largest absolute Gasteiger partial charge is 0.493 e. The van der Waals surface area contributed by atoms with Crippen LogP contribution in [-0.4, -0.2) is 49.0 Å². The predicted octanol–water partition coefficient (Wildman–Crippen LogP) is 1.69. The molecule has 0 amide bonds. The maximum Gasteiger partial charge on any atom is 0.156 e. The first-order chi connectivity index (χ1) is 10.7. The number of aliphatic hydroxyl groups excluding tert-OH is 1. The Balaban J connectivity index is 1.73. The van der Waals surface area contributed by atoms with Crippen LogP contribution in [0, 0.1) is 23.2 Å². The monoisotopic (exact) mass is 301 g/mol. The lowest BCUT2D eigenvalue weighted by molar-refractivity contribution is -0.123. The van der Waals surface area contributed by atoms with E-state index < -0.39 is 6.10 Å². The van der Waals surface area contributed by atoms with E-state index in [1.165, 1.54) is 6.42 Å². The summed E-state index contributed by atoms with van der Waals surface area (Å²) in [6.45, 7) is 1.09. The van der Waals surface area contributed by atoms with Crippen LogP contribution < -0.4 is 0 Å². The van der Waals surface area contributed by atoms with E-state index >= 15 is 0 Å². The zero-order valence-electron chi connectivity index (χ0n) is 13.1. The van der Waals surface area contributed by atoms with Crippen LogP contribution in [0.5, 0.6) is 0 Å². The molecule has 2 aliphatic heterocycles. The minimum absolute atomic E-state index is 0.0398. The first kappa shape index (κ1) is 13.2. The Morgan fingerprint density at radius 1 is 1.36 bits per heavy atom. The van der Waals surface area contributed by atoms with Crippen molar-refractivity contribution in [2.45, 2.75) is 31.1 Å². The summed E-state index contributed by atoms with van der Waals surface area (Å²) >= 11 is 0. The van der Waals surface area contributed by atoms with E-state index in [1.807, 2.05) is 6.08 Å². The molecule has 4 heteroatoms. The van der Waals surface area contributed by atoms with E-state index in [9.17, 15) is 5.11 Å². The lowest BCUT2D eigenvalue weighted by Gasteiger charge is -2.60. The Kier molecular flexibility index (Phi) is 2.51. The summed E-state index contributed by atoms with van der Waals surface area (Å²) in [4.78, 5) is 2.51. The summed E-state index contributed by atoms with van der Waals surface area (Å²) in [5.74, 6) is 3.20. The van der Waals surface area contributed by atoms with Gasteiger partial charge in [0.15, 0.2) is 5.76 Å². The van der Waals surface area contributed by atoms with E-state index in [-0.39, 0.29) is 11.5 Å². The third kappa shape index (κ3) is 1.32. The number of allylic oxidation sites excluding steroid dienone is 3. The van der Waals surface area contributed by atoms with Gasteiger partial charge in [-0.15, -0.1) is 0 Å². The predicted molar refractivity (Wildman–Crippen MR) is 81.7 cm³/mol. The number of nitrogens with zero attached hydrogens (tertiary/aromatic N) is 1. The number of aliphatic hydroxyl groups is 1. The number of hydrogen-bond acceptors (Lipinski definition) is 4. The molecule has 0 aromatic rings. The number of methoxy groups -OCH3 is 1. The van der Waals surface area contributed by atoms with E-state index in [4.69, 9.17) is 9.47 Å². The first-order valence-electron chi connectivity index (χ1n) is 8.36. The highest BCUT2D eigenvalue weighted by Gasteiger charge is 2.69. The molecular weight excluding hydrogens is 278 g/mol. The zero-order chi connectivity index (χ0) is 15.1. The number of rotatable bonds is 1. The van der Waals surface area contributed by atoms with E-state index in [0.717, 1.165) is 24.5 Å². The highest BCUT2D eigenvalue weighted by molar-refractivity contribution is 5.38. The maximum atomic E-state index is 10.6. The van der Waals surface area contributed by atoms with Crippen LogP contribution in [-0.2, 0) is 9.47 Å². The van der Waals surface area contributed by atoms with Gasteiger partial charge < -0.3 is 19.5 Å².